The van der Waals surface area contributed by atoms with Gasteiger partial charge in [0.05, 0.1) is 0 Å². The summed E-state index contributed by atoms with van der Waals surface area (Å²) in [5.74, 6) is -0.0264. The molecule has 0 aromatic heterocycles. The zero-order chi connectivity index (χ0) is 10.7. The maximum absolute atomic E-state index is 11.4. The Kier molecular flexibility index (Phi) is 11.2. The summed E-state index contributed by atoms with van der Waals surface area (Å²) < 4.78 is 0. The summed E-state index contributed by atoms with van der Waals surface area (Å²) >= 11 is 0. The molecule has 0 aliphatic rings. The Bertz CT molecular complexity index is 429. The minimum atomic E-state index is -0.0132. The maximum Gasteiger partial charge on any atom is 1.00 e. The van der Waals surface area contributed by atoms with Gasteiger partial charge in [-0.1, -0.05) is 59.7 Å². The summed E-state index contributed by atoms with van der Waals surface area (Å²) in [4.78, 5) is 0. The average molecular weight is 464 g/mol. The summed E-state index contributed by atoms with van der Waals surface area (Å²) in [6.07, 6.45) is 0.416. The molecule has 0 unspecified atom stereocenters. The summed E-state index contributed by atoms with van der Waals surface area (Å²) in [5, 5.41) is 22.9. The van der Waals surface area contributed by atoms with E-state index in [9.17, 15) is 10.2 Å². The first-order valence-electron chi connectivity index (χ1n) is 4.77. The molecule has 0 amide bonds. The van der Waals surface area contributed by atoms with Crippen LogP contribution in [0.2, 0.25) is 0 Å². The molecule has 0 spiro atoms. The number of hydrogen-bond acceptors (Lipinski definition) is 2. The van der Waals surface area contributed by atoms with Crippen molar-refractivity contribution in [3.63, 3.8) is 0 Å². The summed E-state index contributed by atoms with van der Waals surface area (Å²) in [7, 11) is 0. The zero-order valence-electron chi connectivity index (χ0n) is 10.1. The Morgan fingerprint density at radius 1 is 0.647 bits per heavy atom. The second-order valence-electron chi connectivity index (χ2n) is 3.39. The Balaban J connectivity index is 0.00000128. The summed E-state index contributed by atoms with van der Waals surface area (Å²) in [6, 6.07) is 13.6. The maximum atomic E-state index is 11.4. The molecule has 0 N–H and O–H groups in total. The second kappa shape index (κ2) is 9.96. The smallest absolute Gasteiger partial charge is 0.872 e. The first-order chi connectivity index (χ1) is 7.27. The first kappa shape index (κ1) is 19.1. The first-order valence-corrected chi connectivity index (χ1v) is 4.77. The van der Waals surface area contributed by atoms with Crippen LogP contribution in [-0.4, -0.2) is 0 Å². The van der Waals surface area contributed by atoms with Crippen LogP contribution in [0.4, 0.5) is 0 Å². The molecule has 0 saturated heterocycles. The molecule has 0 aliphatic carbocycles. The van der Waals surface area contributed by atoms with E-state index in [4.69, 9.17) is 0 Å². The van der Waals surface area contributed by atoms with Crippen molar-refractivity contribution < 1.29 is 148 Å². The average Bonchev–Trinajstić information content (AvgIpc) is 2.24. The Hall–Kier alpha value is 2.14. The number of para-hydroxylation sites is 2. The van der Waals surface area contributed by atoms with Gasteiger partial charge in [-0.05, 0) is 6.42 Å². The van der Waals surface area contributed by atoms with Crippen molar-refractivity contribution >= 4 is 0 Å². The molecule has 0 fully saturated rings. The quantitative estimate of drug-likeness (QED) is 0.450. The third-order valence-electron chi connectivity index (χ3n) is 2.33. The number of benzene rings is 2. The van der Waals surface area contributed by atoms with E-state index < -0.39 is 0 Å². The van der Waals surface area contributed by atoms with Gasteiger partial charge in [0.25, 0.3) is 0 Å². The normalized spacial score (nSPS) is 8.94. The van der Waals surface area contributed by atoms with Gasteiger partial charge in [0.1, 0.15) is 0 Å². The van der Waals surface area contributed by atoms with Gasteiger partial charge in [0.15, 0.2) is 0 Å². The van der Waals surface area contributed by atoms with Crippen LogP contribution in [0.1, 0.15) is 11.1 Å². The van der Waals surface area contributed by atoms with Gasteiger partial charge in [0, 0.05) is 0 Å². The van der Waals surface area contributed by atoms with E-state index in [2.05, 4.69) is 0 Å². The van der Waals surface area contributed by atoms with E-state index in [0.29, 0.717) is 17.5 Å². The number of hydrogen-bond donors (Lipinski definition) is 0. The van der Waals surface area contributed by atoms with Gasteiger partial charge in [-0.2, -0.15) is 0 Å². The van der Waals surface area contributed by atoms with Gasteiger partial charge in [-0.25, -0.2) is 0 Å². The standard InChI is InChI=1S/C13H12O2.2Cs/c14-12-7-3-1-5-10(12)9-11-6-2-4-8-13(11)15;;/h1-8,14-15H,9H2;;/q;2*+1/p-2. The van der Waals surface area contributed by atoms with Crippen LogP contribution in [0.5, 0.6) is 11.5 Å². The molecule has 76 valence electrons. The molecule has 0 bridgehead atoms. The van der Waals surface area contributed by atoms with E-state index in [-0.39, 0.29) is 149 Å². The van der Waals surface area contributed by atoms with Crippen molar-refractivity contribution in [2.75, 3.05) is 0 Å². The zero-order valence-corrected chi connectivity index (χ0v) is 22.7. The molecule has 4 heteroatoms. The molecule has 0 saturated carbocycles. The third-order valence-corrected chi connectivity index (χ3v) is 2.33. The molecule has 0 aliphatic heterocycles. The van der Waals surface area contributed by atoms with Gasteiger partial charge >= 0.3 is 138 Å². The SMILES string of the molecule is [Cs+].[Cs+].[O-]c1ccccc1Cc1ccccc1[O-]. The monoisotopic (exact) mass is 464 g/mol. The molecule has 0 heterocycles. The van der Waals surface area contributed by atoms with Crippen molar-refractivity contribution in [3.05, 3.63) is 59.7 Å². The largest absolute Gasteiger partial charge is 1.00 e. The summed E-state index contributed by atoms with van der Waals surface area (Å²) in [6.45, 7) is 0. The minimum absolute atomic E-state index is 0. The molecule has 2 rings (SSSR count). The summed E-state index contributed by atoms with van der Waals surface area (Å²) in [5.41, 5.74) is 1.33. The van der Waals surface area contributed by atoms with Crippen LogP contribution in [0, 0.1) is 0 Å². The molecule has 0 radical (unpaired) electrons. The fourth-order valence-corrected chi connectivity index (χ4v) is 1.50. The van der Waals surface area contributed by atoms with E-state index in [1.54, 1.807) is 24.3 Å². The van der Waals surface area contributed by atoms with Crippen molar-refractivity contribution in [1.29, 1.82) is 0 Å². The van der Waals surface area contributed by atoms with Crippen molar-refractivity contribution in [2.24, 2.45) is 0 Å². The van der Waals surface area contributed by atoms with Gasteiger partial charge < -0.3 is 10.2 Å². The fourth-order valence-electron chi connectivity index (χ4n) is 1.50. The van der Waals surface area contributed by atoms with Crippen LogP contribution in [-0.2, 0) is 6.42 Å². The molecule has 17 heavy (non-hydrogen) atoms. The predicted molar refractivity (Wildman–Crippen MR) is 54.6 cm³/mol. The van der Waals surface area contributed by atoms with E-state index in [1.165, 1.54) is 12.1 Å². The van der Waals surface area contributed by atoms with Crippen molar-refractivity contribution in [1.82, 2.24) is 0 Å². The van der Waals surface area contributed by atoms with Crippen LogP contribution in [0.3, 0.4) is 0 Å². The van der Waals surface area contributed by atoms with Gasteiger partial charge in [-0.15, -0.1) is 11.5 Å². The fraction of sp³-hybridized carbons (Fsp3) is 0.0769. The van der Waals surface area contributed by atoms with Crippen LogP contribution < -0.4 is 148 Å². The Labute approximate surface area is 219 Å². The second-order valence-corrected chi connectivity index (χ2v) is 3.39. The third kappa shape index (κ3) is 5.97. The van der Waals surface area contributed by atoms with Crippen LogP contribution in [0.15, 0.2) is 48.5 Å². The van der Waals surface area contributed by atoms with Gasteiger partial charge in [-0.3, -0.25) is 0 Å². The molecule has 2 aromatic carbocycles. The van der Waals surface area contributed by atoms with Gasteiger partial charge in [0.2, 0.25) is 0 Å². The van der Waals surface area contributed by atoms with E-state index >= 15 is 0 Å². The molecular weight excluding hydrogens is 454 g/mol. The molecule has 0 atom stereocenters. The Morgan fingerprint density at radius 2 is 1.00 bits per heavy atom. The van der Waals surface area contributed by atoms with E-state index in [0.717, 1.165) is 0 Å². The Morgan fingerprint density at radius 3 is 1.35 bits per heavy atom. The van der Waals surface area contributed by atoms with E-state index in [1.807, 2.05) is 12.1 Å². The van der Waals surface area contributed by atoms with Crippen molar-refractivity contribution in [3.8, 4) is 11.5 Å². The predicted octanol–water partition coefficient (Wildman–Crippen LogP) is -4.57. The molecule has 2 nitrogen and oxygen atoms in total. The minimum Gasteiger partial charge on any atom is -0.872 e. The topological polar surface area (TPSA) is 46.1 Å². The van der Waals surface area contributed by atoms with Crippen LogP contribution in [0.25, 0.3) is 0 Å². The van der Waals surface area contributed by atoms with Crippen molar-refractivity contribution in [2.45, 2.75) is 6.42 Å². The van der Waals surface area contributed by atoms with Crippen LogP contribution >= 0.6 is 0 Å². The molecular formula is C13H10Cs2O2. The molecule has 2 aromatic rings. The number of rotatable bonds is 2.